The van der Waals surface area contributed by atoms with Crippen molar-refractivity contribution < 1.29 is 18.3 Å². The zero-order valence-corrected chi connectivity index (χ0v) is 19.4. The highest BCUT2D eigenvalue weighted by Crippen LogP contribution is 2.31. The fourth-order valence-corrected chi connectivity index (χ4v) is 6.18. The van der Waals surface area contributed by atoms with Crippen molar-refractivity contribution in [3.05, 3.63) is 41.3 Å². The third-order valence-electron chi connectivity index (χ3n) is 6.36. The van der Waals surface area contributed by atoms with Gasteiger partial charge in [-0.3, -0.25) is 4.79 Å². The lowest BCUT2D eigenvalue weighted by molar-refractivity contribution is 0.102. The predicted octanol–water partition coefficient (Wildman–Crippen LogP) is 3.21. The number of aromatic nitrogens is 3. The Morgan fingerprint density at radius 3 is 2.58 bits per heavy atom. The van der Waals surface area contributed by atoms with Crippen LogP contribution in [0.1, 0.15) is 54.0 Å². The van der Waals surface area contributed by atoms with Gasteiger partial charge in [-0.15, -0.1) is 0 Å². The number of rotatable bonds is 4. The van der Waals surface area contributed by atoms with Crippen molar-refractivity contribution in [1.29, 1.82) is 0 Å². The molecule has 0 aliphatic carbocycles. The van der Waals surface area contributed by atoms with Crippen molar-refractivity contribution in [2.75, 3.05) is 18.4 Å². The fourth-order valence-electron chi connectivity index (χ4n) is 4.63. The van der Waals surface area contributed by atoms with Crippen LogP contribution in [0.4, 0.5) is 5.69 Å². The van der Waals surface area contributed by atoms with E-state index in [9.17, 15) is 18.3 Å². The normalized spacial score (nSPS) is 17.1. The van der Waals surface area contributed by atoms with Gasteiger partial charge in [0.1, 0.15) is 17.1 Å². The van der Waals surface area contributed by atoms with E-state index < -0.39 is 15.9 Å². The summed E-state index contributed by atoms with van der Waals surface area (Å²) in [5, 5.41) is 13.0. The van der Waals surface area contributed by atoms with E-state index in [1.165, 1.54) is 22.5 Å². The fraction of sp³-hybridized carbons (Fsp3) is 0.435. The molecule has 2 aliphatic rings. The van der Waals surface area contributed by atoms with E-state index in [4.69, 9.17) is 4.98 Å². The second kappa shape index (κ2) is 8.42. The Bertz CT molecular complexity index is 1340. The summed E-state index contributed by atoms with van der Waals surface area (Å²) in [6.07, 6.45) is 5.73. The standard InChI is InChI=1S/C23H27N5O4S/c1-15-13-17(21-22(24-15)28-12-4-2-3-7-20(28)26-21)23(30)25-18-14-16(8-9-19(18)29)33(31,32)27-10-5-6-11-27/h8-9,13-14,29H,2-7,10-12H2,1H3,(H,25,30). The van der Waals surface area contributed by atoms with Gasteiger partial charge in [0.2, 0.25) is 10.0 Å². The molecule has 1 aromatic carbocycles. The maximum Gasteiger partial charge on any atom is 0.258 e. The number of phenols is 1. The van der Waals surface area contributed by atoms with Crippen molar-refractivity contribution in [1.82, 2.24) is 18.8 Å². The predicted molar refractivity (Wildman–Crippen MR) is 124 cm³/mol. The molecule has 1 fully saturated rings. The maximum atomic E-state index is 13.3. The topological polar surface area (TPSA) is 117 Å². The number of pyridine rings is 1. The van der Waals surface area contributed by atoms with Crippen LogP contribution in [0, 0.1) is 6.92 Å². The molecule has 5 rings (SSSR count). The van der Waals surface area contributed by atoms with Crippen LogP contribution >= 0.6 is 0 Å². The lowest BCUT2D eigenvalue weighted by Crippen LogP contribution is -2.28. The molecule has 3 aromatic rings. The summed E-state index contributed by atoms with van der Waals surface area (Å²) in [4.78, 5) is 22.7. The summed E-state index contributed by atoms with van der Waals surface area (Å²) in [7, 11) is -3.68. The maximum absolute atomic E-state index is 13.3. The SMILES string of the molecule is Cc1cc(C(=O)Nc2cc(S(=O)(=O)N3CCCC3)ccc2O)c2nc3n(c2n1)CCCCC3. The van der Waals surface area contributed by atoms with Crippen LogP contribution < -0.4 is 5.32 Å². The minimum absolute atomic E-state index is 0.0438. The first-order chi connectivity index (χ1) is 15.8. The third kappa shape index (κ3) is 3.97. The number of anilines is 1. The Balaban J connectivity index is 1.50. The van der Waals surface area contributed by atoms with E-state index in [1.54, 1.807) is 6.07 Å². The van der Waals surface area contributed by atoms with Gasteiger partial charge in [0, 0.05) is 31.7 Å². The number of hydrogen-bond donors (Lipinski definition) is 2. The number of sulfonamides is 1. The molecule has 0 saturated carbocycles. The minimum atomic E-state index is -3.68. The molecule has 0 radical (unpaired) electrons. The molecule has 33 heavy (non-hydrogen) atoms. The molecule has 174 valence electrons. The highest BCUT2D eigenvalue weighted by atomic mass is 32.2. The van der Waals surface area contributed by atoms with Crippen LogP contribution in [0.25, 0.3) is 11.2 Å². The molecule has 2 N–H and O–H groups in total. The Hall–Kier alpha value is -2.98. The molecule has 1 amide bonds. The zero-order valence-electron chi connectivity index (χ0n) is 18.5. The number of carbonyl (C=O) groups is 1. The molecular weight excluding hydrogens is 442 g/mol. The van der Waals surface area contributed by atoms with Crippen LogP contribution in [-0.4, -0.2) is 51.4 Å². The van der Waals surface area contributed by atoms with Gasteiger partial charge in [-0.2, -0.15) is 4.31 Å². The van der Waals surface area contributed by atoms with Crippen molar-refractivity contribution in [3.63, 3.8) is 0 Å². The zero-order chi connectivity index (χ0) is 23.2. The average molecular weight is 470 g/mol. The molecule has 0 atom stereocenters. The largest absolute Gasteiger partial charge is 0.506 e. The number of aromatic hydroxyl groups is 1. The Morgan fingerprint density at radius 1 is 1.03 bits per heavy atom. The van der Waals surface area contributed by atoms with Gasteiger partial charge in [0.15, 0.2) is 5.65 Å². The summed E-state index contributed by atoms with van der Waals surface area (Å²) >= 11 is 0. The second-order valence-corrected chi connectivity index (χ2v) is 10.7. The van der Waals surface area contributed by atoms with Crippen LogP contribution in [-0.2, 0) is 23.0 Å². The highest BCUT2D eigenvalue weighted by Gasteiger charge is 2.28. The first-order valence-corrected chi connectivity index (χ1v) is 12.8. The number of nitrogens with one attached hydrogen (secondary N) is 1. The molecule has 4 heterocycles. The second-order valence-electron chi connectivity index (χ2n) is 8.72. The number of nitrogens with zero attached hydrogens (tertiary/aromatic N) is 4. The summed E-state index contributed by atoms with van der Waals surface area (Å²) in [5.41, 5.74) is 2.30. The molecule has 0 bridgehead atoms. The monoisotopic (exact) mass is 469 g/mol. The summed E-state index contributed by atoms with van der Waals surface area (Å²) < 4.78 is 29.4. The van der Waals surface area contributed by atoms with E-state index in [-0.39, 0.29) is 16.3 Å². The van der Waals surface area contributed by atoms with Crippen LogP contribution in [0.5, 0.6) is 5.75 Å². The number of carbonyl (C=O) groups excluding carboxylic acids is 1. The minimum Gasteiger partial charge on any atom is -0.506 e. The van der Waals surface area contributed by atoms with Gasteiger partial charge < -0.3 is 15.0 Å². The lowest BCUT2D eigenvalue weighted by atomic mass is 10.1. The van der Waals surface area contributed by atoms with Crippen molar-refractivity contribution >= 4 is 32.8 Å². The van der Waals surface area contributed by atoms with E-state index in [0.717, 1.165) is 50.9 Å². The number of aryl methyl sites for hydroxylation is 3. The van der Waals surface area contributed by atoms with E-state index >= 15 is 0 Å². The van der Waals surface area contributed by atoms with Gasteiger partial charge in [-0.05, 0) is 56.9 Å². The number of phenolic OH excluding ortho intramolecular Hbond substituents is 1. The molecule has 0 unspecified atom stereocenters. The van der Waals surface area contributed by atoms with E-state index in [0.29, 0.717) is 35.5 Å². The summed E-state index contributed by atoms with van der Waals surface area (Å²) in [6.45, 7) is 3.60. The van der Waals surface area contributed by atoms with Crippen molar-refractivity contribution in [2.24, 2.45) is 0 Å². The lowest BCUT2D eigenvalue weighted by Gasteiger charge is -2.17. The molecule has 1 saturated heterocycles. The first-order valence-electron chi connectivity index (χ1n) is 11.4. The number of hydrogen-bond acceptors (Lipinski definition) is 6. The summed E-state index contributed by atoms with van der Waals surface area (Å²) in [6, 6.07) is 5.64. The average Bonchev–Trinajstić information content (AvgIpc) is 3.38. The molecule has 9 nitrogen and oxygen atoms in total. The quantitative estimate of drug-likeness (QED) is 0.567. The molecule has 10 heteroatoms. The first kappa shape index (κ1) is 21.8. The Morgan fingerprint density at radius 2 is 1.79 bits per heavy atom. The van der Waals surface area contributed by atoms with Crippen LogP contribution in [0.3, 0.4) is 0 Å². The number of amides is 1. The van der Waals surface area contributed by atoms with Gasteiger partial charge in [0.25, 0.3) is 5.91 Å². The van der Waals surface area contributed by atoms with Crippen LogP contribution in [0.15, 0.2) is 29.2 Å². The molecule has 2 aliphatic heterocycles. The van der Waals surface area contributed by atoms with Gasteiger partial charge in [0.05, 0.1) is 16.1 Å². The van der Waals surface area contributed by atoms with E-state index in [1.807, 2.05) is 6.92 Å². The van der Waals surface area contributed by atoms with E-state index in [2.05, 4.69) is 14.9 Å². The van der Waals surface area contributed by atoms with Gasteiger partial charge >= 0.3 is 0 Å². The smallest absolute Gasteiger partial charge is 0.258 e. The number of fused-ring (bicyclic) bond motifs is 3. The van der Waals surface area contributed by atoms with Gasteiger partial charge in [-0.25, -0.2) is 18.4 Å². The molecular formula is C23H27N5O4S. The van der Waals surface area contributed by atoms with Crippen molar-refractivity contribution in [3.8, 4) is 5.75 Å². The molecule has 2 aromatic heterocycles. The highest BCUT2D eigenvalue weighted by molar-refractivity contribution is 7.89. The third-order valence-corrected chi connectivity index (χ3v) is 8.25. The van der Waals surface area contributed by atoms with Crippen molar-refractivity contribution in [2.45, 2.75) is 56.9 Å². The Kier molecular flexibility index (Phi) is 5.57. The number of benzene rings is 1. The van der Waals surface area contributed by atoms with Gasteiger partial charge in [-0.1, -0.05) is 6.42 Å². The summed E-state index contributed by atoms with van der Waals surface area (Å²) in [5.74, 6) is 0.257. The number of imidazole rings is 1. The Labute approximate surface area is 192 Å². The van der Waals surface area contributed by atoms with Crippen LogP contribution in [0.2, 0.25) is 0 Å². The molecule has 0 spiro atoms.